The minimum absolute atomic E-state index is 0.949. The number of pyridine rings is 2. The van der Waals surface area contributed by atoms with Crippen LogP contribution in [0.4, 0.5) is 0 Å². The summed E-state index contributed by atoms with van der Waals surface area (Å²) in [5.41, 5.74) is 12.2. The van der Waals surface area contributed by atoms with Gasteiger partial charge in [-0.2, -0.15) is 0 Å². The van der Waals surface area contributed by atoms with Crippen molar-refractivity contribution in [2.75, 3.05) is 0 Å². The minimum Gasteiger partial charge on any atom is -0.263 e. The van der Waals surface area contributed by atoms with Crippen LogP contribution in [0.25, 0.3) is 66.3 Å². The number of benzene rings is 3. The molecule has 0 atom stereocenters. The Morgan fingerprint density at radius 2 is 0.861 bits per heavy atom. The SMILES string of the molecule is c1ccc2c(-c3cncc(-c4cscn4)c3)c3ccccc3c(-c3cncc(-c4cscn4)c3)c2c1. The molecular formula is C30H18N4S2. The molecule has 3 aromatic carbocycles. The fourth-order valence-electron chi connectivity index (χ4n) is 4.89. The molecule has 4 nitrogen and oxygen atoms in total. The second-order valence-electron chi connectivity index (χ2n) is 8.51. The van der Waals surface area contributed by atoms with Crippen LogP contribution in [0.5, 0.6) is 0 Å². The molecule has 0 N–H and O–H groups in total. The topological polar surface area (TPSA) is 51.6 Å². The Kier molecular flexibility index (Phi) is 5.12. The standard InChI is InChI=1S/C30H18N4S2/c1-2-6-24-23(5-1)29(21-9-19(11-31-13-21)27-15-35-17-33-27)25-7-3-4-8-26(25)30(24)22-10-20(12-32-14-22)28-16-36-18-34-28/h1-18H. The molecule has 0 saturated carbocycles. The average Bonchev–Trinajstić information content (AvgIpc) is 3.67. The van der Waals surface area contributed by atoms with Gasteiger partial charge in [-0.25, -0.2) is 9.97 Å². The van der Waals surface area contributed by atoms with Gasteiger partial charge in [-0.05, 0) is 44.8 Å². The third-order valence-corrected chi connectivity index (χ3v) is 7.61. The zero-order chi connectivity index (χ0) is 23.9. The first-order valence-electron chi connectivity index (χ1n) is 11.5. The molecule has 0 fully saturated rings. The molecule has 170 valence electrons. The second-order valence-corrected chi connectivity index (χ2v) is 9.95. The first-order valence-corrected chi connectivity index (χ1v) is 13.4. The number of rotatable bonds is 4. The van der Waals surface area contributed by atoms with E-state index >= 15 is 0 Å². The monoisotopic (exact) mass is 498 g/mol. The van der Waals surface area contributed by atoms with Crippen LogP contribution in [0, 0.1) is 0 Å². The first kappa shape index (κ1) is 21.1. The highest BCUT2D eigenvalue weighted by molar-refractivity contribution is 7.08. The van der Waals surface area contributed by atoms with Crippen molar-refractivity contribution in [1.82, 2.24) is 19.9 Å². The quantitative estimate of drug-likeness (QED) is 0.229. The Morgan fingerprint density at radius 3 is 1.22 bits per heavy atom. The van der Waals surface area contributed by atoms with Crippen LogP contribution in [0.15, 0.2) is 107 Å². The molecule has 0 amide bonds. The Balaban J connectivity index is 1.54. The summed E-state index contributed by atoms with van der Waals surface area (Å²) in [4.78, 5) is 18.2. The van der Waals surface area contributed by atoms with E-state index in [1.54, 1.807) is 22.7 Å². The summed E-state index contributed by atoms with van der Waals surface area (Å²) in [6.45, 7) is 0. The zero-order valence-corrected chi connectivity index (χ0v) is 20.6. The van der Waals surface area contributed by atoms with Crippen molar-refractivity contribution in [2.24, 2.45) is 0 Å². The normalized spacial score (nSPS) is 11.3. The molecule has 7 rings (SSSR count). The highest BCUT2D eigenvalue weighted by Gasteiger charge is 2.18. The van der Waals surface area contributed by atoms with Crippen molar-refractivity contribution < 1.29 is 0 Å². The van der Waals surface area contributed by atoms with E-state index in [1.807, 2.05) is 35.8 Å². The number of fused-ring (bicyclic) bond motifs is 2. The van der Waals surface area contributed by atoms with E-state index < -0.39 is 0 Å². The molecule has 4 aromatic heterocycles. The summed E-state index contributed by atoms with van der Waals surface area (Å²) in [6, 6.07) is 21.6. The van der Waals surface area contributed by atoms with Crippen LogP contribution in [-0.4, -0.2) is 19.9 Å². The van der Waals surface area contributed by atoms with Crippen LogP contribution in [0.3, 0.4) is 0 Å². The van der Waals surface area contributed by atoms with Crippen LogP contribution < -0.4 is 0 Å². The van der Waals surface area contributed by atoms with Gasteiger partial charge < -0.3 is 0 Å². The van der Waals surface area contributed by atoms with Crippen molar-refractivity contribution >= 4 is 44.2 Å². The van der Waals surface area contributed by atoms with Gasteiger partial charge in [-0.15, -0.1) is 22.7 Å². The number of aromatic nitrogens is 4. The van der Waals surface area contributed by atoms with Gasteiger partial charge in [0.1, 0.15) is 0 Å². The predicted molar refractivity (Wildman–Crippen MR) is 150 cm³/mol. The predicted octanol–water partition coefficient (Wildman–Crippen LogP) is 8.36. The molecular weight excluding hydrogens is 480 g/mol. The van der Waals surface area contributed by atoms with Gasteiger partial charge in [0.05, 0.1) is 22.4 Å². The summed E-state index contributed by atoms with van der Waals surface area (Å²) >= 11 is 3.18. The molecule has 0 saturated heterocycles. The number of hydrogen-bond donors (Lipinski definition) is 0. The van der Waals surface area contributed by atoms with Gasteiger partial charge in [0, 0.05) is 57.8 Å². The van der Waals surface area contributed by atoms with Crippen molar-refractivity contribution in [3.63, 3.8) is 0 Å². The summed E-state index contributed by atoms with van der Waals surface area (Å²) in [7, 11) is 0. The molecule has 0 aliphatic heterocycles. The van der Waals surface area contributed by atoms with Crippen molar-refractivity contribution in [3.05, 3.63) is 107 Å². The highest BCUT2D eigenvalue weighted by Crippen LogP contribution is 2.44. The van der Waals surface area contributed by atoms with E-state index in [1.165, 1.54) is 32.7 Å². The van der Waals surface area contributed by atoms with E-state index in [0.717, 1.165) is 33.6 Å². The first-order chi connectivity index (χ1) is 17.9. The molecule has 7 aromatic rings. The van der Waals surface area contributed by atoms with E-state index in [4.69, 9.17) is 0 Å². The Hall–Kier alpha value is -4.26. The maximum Gasteiger partial charge on any atom is 0.0826 e. The Labute approximate surface area is 215 Å². The molecule has 0 spiro atoms. The summed E-state index contributed by atoms with van der Waals surface area (Å²) < 4.78 is 0. The molecule has 0 aliphatic rings. The fraction of sp³-hybridized carbons (Fsp3) is 0. The summed E-state index contributed by atoms with van der Waals surface area (Å²) in [5.74, 6) is 0. The van der Waals surface area contributed by atoms with Gasteiger partial charge in [-0.1, -0.05) is 48.5 Å². The second kappa shape index (κ2) is 8.75. The van der Waals surface area contributed by atoms with Crippen molar-refractivity contribution in [2.45, 2.75) is 0 Å². The minimum atomic E-state index is 0.949. The third kappa shape index (κ3) is 3.50. The number of hydrogen-bond acceptors (Lipinski definition) is 6. The van der Waals surface area contributed by atoms with Gasteiger partial charge in [0.25, 0.3) is 0 Å². The third-order valence-electron chi connectivity index (χ3n) is 6.44. The van der Waals surface area contributed by atoms with E-state index in [9.17, 15) is 0 Å². The summed E-state index contributed by atoms with van der Waals surface area (Å²) in [5, 5.41) is 8.85. The highest BCUT2D eigenvalue weighted by atomic mass is 32.1. The lowest BCUT2D eigenvalue weighted by Gasteiger charge is -2.18. The van der Waals surface area contributed by atoms with E-state index in [0.29, 0.717) is 0 Å². The van der Waals surface area contributed by atoms with Gasteiger partial charge in [0.2, 0.25) is 0 Å². The molecule has 0 aliphatic carbocycles. The van der Waals surface area contributed by atoms with Crippen LogP contribution >= 0.6 is 22.7 Å². The smallest absolute Gasteiger partial charge is 0.0826 e. The van der Waals surface area contributed by atoms with E-state index in [-0.39, 0.29) is 0 Å². The van der Waals surface area contributed by atoms with Gasteiger partial charge in [0.15, 0.2) is 0 Å². The largest absolute Gasteiger partial charge is 0.263 e. The molecule has 0 unspecified atom stereocenters. The lowest BCUT2D eigenvalue weighted by Crippen LogP contribution is -1.93. The average molecular weight is 499 g/mol. The lowest BCUT2D eigenvalue weighted by molar-refractivity contribution is 1.31. The number of thiazole rings is 2. The molecule has 4 heterocycles. The number of nitrogens with zero attached hydrogens (tertiary/aromatic N) is 4. The molecule has 0 radical (unpaired) electrons. The van der Waals surface area contributed by atoms with Crippen molar-refractivity contribution in [1.29, 1.82) is 0 Å². The lowest BCUT2D eigenvalue weighted by atomic mass is 9.86. The van der Waals surface area contributed by atoms with E-state index in [2.05, 4.69) is 91.4 Å². The molecule has 36 heavy (non-hydrogen) atoms. The molecule has 0 bridgehead atoms. The zero-order valence-electron chi connectivity index (χ0n) is 19.0. The van der Waals surface area contributed by atoms with Gasteiger partial charge in [-0.3, -0.25) is 9.97 Å². The Bertz CT molecular complexity index is 1650. The fourth-order valence-corrected chi connectivity index (χ4v) is 6.02. The maximum atomic E-state index is 4.60. The Morgan fingerprint density at radius 1 is 0.472 bits per heavy atom. The molecule has 6 heteroatoms. The van der Waals surface area contributed by atoms with Crippen LogP contribution in [0.2, 0.25) is 0 Å². The van der Waals surface area contributed by atoms with Crippen LogP contribution in [-0.2, 0) is 0 Å². The van der Waals surface area contributed by atoms with Crippen molar-refractivity contribution in [3.8, 4) is 44.8 Å². The summed E-state index contributed by atoms with van der Waals surface area (Å²) in [6.07, 6.45) is 7.67. The maximum absolute atomic E-state index is 4.60. The van der Waals surface area contributed by atoms with Gasteiger partial charge >= 0.3 is 0 Å². The van der Waals surface area contributed by atoms with Crippen LogP contribution in [0.1, 0.15) is 0 Å².